The second-order valence-corrected chi connectivity index (χ2v) is 4.88. The van der Waals surface area contributed by atoms with Crippen molar-refractivity contribution in [2.45, 2.75) is 13.0 Å². The van der Waals surface area contributed by atoms with E-state index in [1.54, 1.807) is 0 Å². The molecule has 0 spiro atoms. The zero-order chi connectivity index (χ0) is 13.8. The van der Waals surface area contributed by atoms with Crippen LogP contribution in [-0.4, -0.2) is 20.9 Å². The van der Waals surface area contributed by atoms with Gasteiger partial charge in [-0.05, 0) is 30.2 Å². The van der Waals surface area contributed by atoms with Crippen molar-refractivity contribution in [2.24, 2.45) is 0 Å². The molecule has 0 aliphatic heterocycles. The lowest BCUT2D eigenvalue weighted by Gasteiger charge is -2.05. The lowest BCUT2D eigenvalue weighted by Crippen LogP contribution is -2.25. The Labute approximate surface area is 117 Å². The number of carbonyl (C=O) groups is 1. The number of nitrogens with zero attached hydrogens (tertiary/aromatic N) is 2. The van der Waals surface area contributed by atoms with Gasteiger partial charge in [0.1, 0.15) is 0 Å². The molecule has 1 aromatic heterocycles. The molecule has 5 nitrogen and oxygen atoms in total. The number of rotatable bonds is 4. The highest BCUT2D eigenvalue weighted by atomic mass is 79.9. The number of aryl methyl sites for hydroxylation is 2. The summed E-state index contributed by atoms with van der Waals surface area (Å²) in [5.41, 5.74) is 0.609. The first-order valence-electron chi connectivity index (χ1n) is 5.62. The normalized spacial score (nSPS) is 10.4. The Morgan fingerprint density at radius 1 is 1.32 bits per heavy atom. The summed E-state index contributed by atoms with van der Waals surface area (Å²) in [6.45, 7) is 0.344. The first-order chi connectivity index (χ1) is 9.06. The average molecular weight is 323 g/mol. The van der Waals surface area contributed by atoms with Crippen LogP contribution >= 0.6 is 15.9 Å². The standard InChI is InChI=1S/C13H11BrN2O3/c14-10-3-1-2-9(8-10)6-7-16-12(17)5-4-11(15-16)13(18)19/h1-5,8H,6-7H2,(H,18,19). The molecule has 19 heavy (non-hydrogen) atoms. The molecule has 0 aliphatic rings. The zero-order valence-electron chi connectivity index (χ0n) is 9.91. The van der Waals surface area contributed by atoms with Gasteiger partial charge in [-0.1, -0.05) is 28.1 Å². The Morgan fingerprint density at radius 3 is 2.79 bits per heavy atom. The van der Waals surface area contributed by atoms with Crippen LogP contribution < -0.4 is 5.56 Å². The van der Waals surface area contributed by atoms with E-state index in [1.165, 1.54) is 16.8 Å². The van der Waals surface area contributed by atoms with E-state index in [-0.39, 0.29) is 11.3 Å². The smallest absolute Gasteiger partial charge is 0.356 e. The number of carboxylic acids is 1. The molecule has 1 heterocycles. The van der Waals surface area contributed by atoms with E-state index < -0.39 is 5.97 Å². The molecule has 0 saturated heterocycles. The molecule has 6 heteroatoms. The molecule has 0 unspecified atom stereocenters. The Hall–Kier alpha value is -1.95. The average Bonchev–Trinajstić information content (AvgIpc) is 2.37. The Morgan fingerprint density at radius 2 is 2.11 bits per heavy atom. The van der Waals surface area contributed by atoms with Crippen LogP contribution in [-0.2, 0) is 13.0 Å². The molecule has 1 N–H and O–H groups in total. The Kier molecular flexibility index (Phi) is 4.11. The van der Waals surface area contributed by atoms with Crippen LogP contribution in [0.25, 0.3) is 0 Å². The third-order valence-corrected chi connectivity index (χ3v) is 3.08. The van der Waals surface area contributed by atoms with Gasteiger partial charge in [0.15, 0.2) is 5.69 Å². The third-order valence-electron chi connectivity index (χ3n) is 2.59. The van der Waals surface area contributed by atoms with Gasteiger partial charge >= 0.3 is 5.97 Å². The van der Waals surface area contributed by atoms with Crippen molar-refractivity contribution in [2.75, 3.05) is 0 Å². The molecule has 0 saturated carbocycles. The minimum atomic E-state index is -1.14. The van der Waals surface area contributed by atoms with Gasteiger partial charge in [-0.3, -0.25) is 4.79 Å². The molecule has 0 fully saturated rings. The quantitative estimate of drug-likeness (QED) is 0.933. The van der Waals surface area contributed by atoms with Crippen molar-refractivity contribution < 1.29 is 9.90 Å². The lowest BCUT2D eigenvalue weighted by molar-refractivity contribution is 0.0687. The molecule has 0 atom stereocenters. The minimum absolute atomic E-state index is 0.131. The molecule has 2 aromatic rings. The summed E-state index contributed by atoms with van der Waals surface area (Å²) in [4.78, 5) is 22.4. The SMILES string of the molecule is O=C(O)c1ccc(=O)n(CCc2cccc(Br)c2)n1. The predicted molar refractivity (Wildman–Crippen MR) is 73.3 cm³/mol. The van der Waals surface area contributed by atoms with Crippen LogP contribution in [0.2, 0.25) is 0 Å². The van der Waals surface area contributed by atoms with E-state index in [9.17, 15) is 9.59 Å². The number of hydrogen-bond donors (Lipinski definition) is 1. The van der Waals surface area contributed by atoms with Gasteiger partial charge in [0.25, 0.3) is 5.56 Å². The van der Waals surface area contributed by atoms with E-state index in [2.05, 4.69) is 21.0 Å². The maximum absolute atomic E-state index is 11.6. The molecule has 2 rings (SSSR count). The number of benzene rings is 1. The van der Waals surface area contributed by atoms with Crippen LogP contribution in [0.5, 0.6) is 0 Å². The summed E-state index contributed by atoms with van der Waals surface area (Å²) >= 11 is 3.37. The van der Waals surface area contributed by atoms with Crippen LogP contribution in [0.15, 0.2) is 45.7 Å². The first-order valence-corrected chi connectivity index (χ1v) is 6.41. The summed E-state index contributed by atoms with van der Waals surface area (Å²) in [6.07, 6.45) is 0.607. The van der Waals surface area contributed by atoms with Crippen molar-refractivity contribution in [1.29, 1.82) is 0 Å². The molecule has 0 amide bonds. The van der Waals surface area contributed by atoms with Crippen molar-refractivity contribution in [1.82, 2.24) is 9.78 Å². The number of carboxylic acid groups (broad SMARTS) is 1. The summed E-state index contributed by atoms with van der Waals surface area (Å²) in [5.74, 6) is -1.14. The van der Waals surface area contributed by atoms with Crippen molar-refractivity contribution >= 4 is 21.9 Å². The van der Waals surface area contributed by atoms with Gasteiger partial charge in [-0.15, -0.1) is 0 Å². The summed E-state index contributed by atoms with van der Waals surface area (Å²) < 4.78 is 2.13. The number of aromatic carboxylic acids is 1. The minimum Gasteiger partial charge on any atom is -0.476 e. The summed E-state index contributed by atoms with van der Waals surface area (Å²) in [7, 11) is 0. The summed E-state index contributed by atoms with van der Waals surface area (Å²) in [5, 5.41) is 12.6. The highest BCUT2D eigenvalue weighted by molar-refractivity contribution is 9.10. The third kappa shape index (κ3) is 3.51. The monoisotopic (exact) mass is 322 g/mol. The molecule has 0 radical (unpaired) electrons. The molecule has 1 aromatic carbocycles. The summed E-state index contributed by atoms with van der Waals surface area (Å²) in [6, 6.07) is 10.1. The highest BCUT2D eigenvalue weighted by Gasteiger charge is 2.07. The van der Waals surface area contributed by atoms with Gasteiger partial charge in [-0.2, -0.15) is 5.10 Å². The van der Waals surface area contributed by atoms with E-state index >= 15 is 0 Å². The Balaban J connectivity index is 2.17. The van der Waals surface area contributed by atoms with Crippen LogP contribution in [0.1, 0.15) is 16.1 Å². The topological polar surface area (TPSA) is 72.2 Å². The largest absolute Gasteiger partial charge is 0.476 e. The number of aromatic nitrogens is 2. The van der Waals surface area contributed by atoms with Crippen molar-refractivity contribution in [3.05, 3.63) is 62.5 Å². The van der Waals surface area contributed by atoms with Gasteiger partial charge in [-0.25, -0.2) is 9.48 Å². The number of halogens is 1. The van der Waals surface area contributed by atoms with Gasteiger partial charge in [0.05, 0.1) is 0 Å². The van der Waals surface area contributed by atoms with Crippen molar-refractivity contribution in [3.63, 3.8) is 0 Å². The molecular formula is C13H11BrN2O3. The predicted octanol–water partition coefficient (Wildman–Crippen LogP) is 1.95. The second kappa shape index (κ2) is 5.79. The van der Waals surface area contributed by atoms with Gasteiger partial charge < -0.3 is 5.11 Å². The maximum Gasteiger partial charge on any atom is 0.356 e. The number of hydrogen-bond acceptors (Lipinski definition) is 3. The zero-order valence-corrected chi connectivity index (χ0v) is 11.5. The molecular weight excluding hydrogens is 312 g/mol. The molecule has 0 bridgehead atoms. The van der Waals surface area contributed by atoms with Crippen molar-refractivity contribution in [3.8, 4) is 0 Å². The van der Waals surface area contributed by atoms with Crippen LogP contribution in [0.3, 0.4) is 0 Å². The molecule has 98 valence electrons. The maximum atomic E-state index is 11.6. The fourth-order valence-electron chi connectivity index (χ4n) is 1.65. The van der Waals surface area contributed by atoms with Crippen LogP contribution in [0, 0.1) is 0 Å². The second-order valence-electron chi connectivity index (χ2n) is 3.97. The fourth-order valence-corrected chi connectivity index (χ4v) is 2.10. The Bertz CT molecular complexity index is 667. The molecule has 0 aliphatic carbocycles. The van der Waals surface area contributed by atoms with Gasteiger partial charge in [0, 0.05) is 17.1 Å². The van der Waals surface area contributed by atoms with Crippen LogP contribution in [0.4, 0.5) is 0 Å². The first kappa shape index (κ1) is 13.5. The van der Waals surface area contributed by atoms with E-state index in [0.717, 1.165) is 10.0 Å². The fraction of sp³-hybridized carbons (Fsp3) is 0.154. The van der Waals surface area contributed by atoms with Gasteiger partial charge in [0.2, 0.25) is 0 Å². The lowest BCUT2D eigenvalue weighted by atomic mass is 10.1. The van der Waals surface area contributed by atoms with E-state index in [1.807, 2.05) is 24.3 Å². The van der Waals surface area contributed by atoms with E-state index in [0.29, 0.717) is 13.0 Å². The van der Waals surface area contributed by atoms with E-state index in [4.69, 9.17) is 5.11 Å². The highest BCUT2D eigenvalue weighted by Crippen LogP contribution is 2.12.